The molecule has 6 nitrogen and oxygen atoms in total. The summed E-state index contributed by atoms with van der Waals surface area (Å²) in [6.07, 6.45) is -3.59. The van der Waals surface area contributed by atoms with Crippen molar-refractivity contribution in [3.63, 3.8) is 0 Å². The van der Waals surface area contributed by atoms with Crippen LogP contribution >= 0.6 is 0 Å². The maximum Gasteiger partial charge on any atom is 0.417 e. The Labute approximate surface area is 150 Å². The first kappa shape index (κ1) is 20.0. The molecule has 0 radical (unpaired) electrons. The summed E-state index contributed by atoms with van der Waals surface area (Å²) in [6, 6.07) is 1.77. The summed E-state index contributed by atoms with van der Waals surface area (Å²) in [5, 5.41) is 2.68. The largest absolute Gasteiger partial charge is 0.417 e. The van der Waals surface area contributed by atoms with Crippen molar-refractivity contribution in [2.45, 2.75) is 33.0 Å². The minimum atomic E-state index is -4.41. The normalized spacial score (nSPS) is 16.6. The van der Waals surface area contributed by atoms with Gasteiger partial charge in [-0.1, -0.05) is 13.8 Å². The Hall–Kier alpha value is -2.32. The Kier molecular flexibility index (Phi) is 6.09. The molecule has 0 bridgehead atoms. The number of carbonyl (C=O) groups excluding carboxylic acids is 2. The molecule has 0 spiro atoms. The fraction of sp³-hybridized carbons (Fsp3) is 0.588. The Bertz CT molecular complexity index is 638. The predicted molar refractivity (Wildman–Crippen MR) is 90.5 cm³/mol. The van der Waals surface area contributed by atoms with Crippen molar-refractivity contribution in [2.75, 3.05) is 31.1 Å². The number of rotatable bonds is 4. The first-order chi connectivity index (χ1) is 12.1. The van der Waals surface area contributed by atoms with Crippen molar-refractivity contribution in [3.8, 4) is 0 Å². The van der Waals surface area contributed by atoms with Gasteiger partial charge >= 0.3 is 6.18 Å². The molecule has 1 aliphatic rings. The number of hydrogen-bond donors (Lipinski definition) is 1. The van der Waals surface area contributed by atoms with Crippen LogP contribution < -0.4 is 10.2 Å². The molecule has 1 saturated heterocycles. The molecule has 2 amide bonds. The number of amides is 2. The van der Waals surface area contributed by atoms with Crippen LogP contribution in [0.5, 0.6) is 0 Å². The summed E-state index contributed by atoms with van der Waals surface area (Å²) in [5.74, 6) is 0.00764. The minimum Gasteiger partial charge on any atom is -0.353 e. The first-order valence-electron chi connectivity index (χ1n) is 8.43. The van der Waals surface area contributed by atoms with Crippen molar-refractivity contribution in [1.82, 2.24) is 15.2 Å². The highest BCUT2D eigenvalue weighted by Crippen LogP contribution is 2.29. The molecule has 0 saturated carbocycles. The second-order valence-electron chi connectivity index (χ2n) is 6.64. The molecular weight excluding hydrogens is 349 g/mol. The lowest BCUT2D eigenvalue weighted by atomic mass is 10.0. The summed E-state index contributed by atoms with van der Waals surface area (Å²) >= 11 is 0. The predicted octanol–water partition coefficient (Wildman–Crippen LogP) is 1.91. The lowest BCUT2D eigenvalue weighted by Crippen LogP contribution is -2.56. The van der Waals surface area contributed by atoms with Gasteiger partial charge in [-0.05, 0) is 18.1 Å². The summed E-state index contributed by atoms with van der Waals surface area (Å²) in [4.78, 5) is 31.3. The number of alkyl halides is 3. The van der Waals surface area contributed by atoms with Gasteiger partial charge < -0.3 is 15.1 Å². The van der Waals surface area contributed by atoms with Gasteiger partial charge in [0.05, 0.1) is 5.56 Å². The van der Waals surface area contributed by atoms with E-state index >= 15 is 0 Å². The van der Waals surface area contributed by atoms with E-state index in [0.29, 0.717) is 32.0 Å². The summed E-state index contributed by atoms with van der Waals surface area (Å²) < 4.78 is 37.8. The molecule has 1 fully saturated rings. The highest BCUT2D eigenvalue weighted by atomic mass is 19.4. The van der Waals surface area contributed by atoms with E-state index in [1.807, 2.05) is 18.7 Å². The third-order valence-electron chi connectivity index (χ3n) is 4.28. The molecule has 1 aromatic rings. The number of nitrogens with zero attached hydrogens (tertiary/aromatic N) is 3. The van der Waals surface area contributed by atoms with Gasteiger partial charge in [-0.15, -0.1) is 0 Å². The van der Waals surface area contributed by atoms with Crippen LogP contribution in [-0.2, 0) is 15.8 Å². The minimum absolute atomic E-state index is 0.0407. The number of piperazine rings is 1. The molecule has 2 heterocycles. The van der Waals surface area contributed by atoms with E-state index in [-0.39, 0.29) is 17.7 Å². The lowest BCUT2D eigenvalue weighted by molar-refractivity contribution is -0.138. The van der Waals surface area contributed by atoms with E-state index in [9.17, 15) is 22.8 Å². The molecule has 1 aromatic heterocycles. The zero-order valence-electron chi connectivity index (χ0n) is 15.0. The zero-order chi connectivity index (χ0) is 19.5. The van der Waals surface area contributed by atoms with Crippen LogP contribution in [0.25, 0.3) is 0 Å². The highest BCUT2D eigenvalue weighted by molar-refractivity contribution is 5.87. The number of halogens is 3. The number of nitrogens with one attached hydrogen (secondary N) is 1. The fourth-order valence-corrected chi connectivity index (χ4v) is 2.83. The van der Waals surface area contributed by atoms with Crippen molar-refractivity contribution in [1.29, 1.82) is 0 Å². The van der Waals surface area contributed by atoms with Crippen molar-refractivity contribution in [2.24, 2.45) is 5.92 Å². The van der Waals surface area contributed by atoms with Gasteiger partial charge in [0.2, 0.25) is 11.8 Å². The molecule has 0 aromatic carbocycles. The van der Waals surface area contributed by atoms with Crippen LogP contribution in [0.1, 0.15) is 26.3 Å². The molecular formula is C17H23F3N4O2. The van der Waals surface area contributed by atoms with Crippen molar-refractivity contribution < 1.29 is 22.8 Å². The number of anilines is 1. The summed E-state index contributed by atoms with van der Waals surface area (Å²) in [6.45, 7) is 6.87. The number of hydrogen-bond acceptors (Lipinski definition) is 4. The number of aromatic nitrogens is 1. The maximum absolute atomic E-state index is 12.6. The lowest BCUT2D eigenvalue weighted by Gasteiger charge is -2.37. The van der Waals surface area contributed by atoms with E-state index in [0.717, 1.165) is 12.3 Å². The number of carbonyl (C=O) groups is 2. The Morgan fingerprint density at radius 2 is 1.77 bits per heavy atom. The van der Waals surface area contributed by atoms with Gasteiger partial charge in [0.1, 0.15) is 11.9 Å². The average Bonchev–Trinajstić information content (AvgIpc) is 2.58. The van der Waals surface area contributed by atoms with E-state index in [1.54, 1.807) is 4.90 Å². The van der Waals surface area contributed by atoms with Gasteiger partial charge in [-0.2, -0.15) is 13.2 Å². The van der Waals surface area contributed by atoms with Crippen LogP contribution in [0.15, 0.2) is 18.3 Å². The molecule has 1 N–H and O–H groups in total. The first-order valence-corrected chi connectivity index (χ1v) is 8.43. The Balaban J connectivity index is 1.98. The van der Waals surface area contributed by atoms with Gasteiger partial charge in [0.25, 0.3) is 0 Å². The zero-order valence-corrected chi connectivity index (χ0v) is 15.0. The van der Waals surface area contributed by atoms with Crippen LogP contribution in [-0.4, -0.2) is 53.9 Å². The summed E-state index contributed by atoms with van der Waals surface area (Å²) in [7, 11) is 0. The maximum atomic E-state index is 12.6. The summed E-state index contributed by atoms with van der Waals surface area (Å²) in [5.41, 5.74) is -0.787. The average molecular weight is 372 g/mol. The van der Waals surface area contributed by atoms with Crippen LogP contribution in [0, 0.1) is 5.92 Å². The molecule has 1 unspecified atom stereocenters. The molecule has 1 atom stereocenters. The van der Waals surface area contributed by atoms with E-state index in [4.69, 9.17) is 0 Å². The third kappa shape index (κ3) is 4.86. The van der Waals surface area contributed by atoms with Gasteiger partial charge in [-0.3, -0.25) is 9.59 Å². The molecule has 0 aliphatic carbocycles. The molecule has 1 aliphatic heterocycles. The SMILES string of the molecule is CC(=O)NC(C(=O)N1CCN(c2ccc(C(F)(F)F)cn2)CC1)C(C)C. The van der Waals surface area contributed by atoms with Crippen LogP contribution in [0.3, 0.4) is 0 Å². The van der Waals surface area contributed by atoms with E-state index in [2.05, 4.69) is 10.3 Å². The topological polar surface area (TPSA) is 65.5 Å². The third-order valence-corrected chi connectivity index (χ3v) is 4.28. The van der Waals surface area contributed by atoms with E-state index < -0.39 is 17.8 Å². The molecule has 9 heteroatoms. The quantitative estimate of drug-likeness (QED) is 0.877. The molecule has 26 heavy (non-hydrogen) atoms. The molecule has 144 valence electrons. The van der Waals surface area contributed by atoms with Gasteiger partial charge in [-0.25, -0.2) is 4.98 Å². The Morgan fingerprint density at radius 1 is 1.15 bits per heavy atom. The second-order valence-corrected chi connectivity index (χ2v) is 6.64. The standard InChI is InChI=1S/C17H23F3N4O2/c1-11(2)15(22-12(3)25)16(26)24-8-6-23(7-9-24)14-5-4-13(10-21-14)17(18,19)20/h4-5,10-11,15H,6-9H2,1-3H3,(H,22,25). The fourth-order valence-electron chi connectivity index (χ4n) is 2.83. The van der Waals surface area contributed by atoms with Crippen molar-refractivity contribution in [3.05, 3.63) is 23.9 Å². The van der Waals surface area contributed by atoms with Gasteiger partial charge in [0.15, 0.2) is 0 Å². The number of pyridine rings is 1. The second kappa shape index (κ2) is 7.92. The van der Waals surface area contributed by atoms with E-state index in [1.165, 1.54) is 13.0 Å². The Morgan fingerprint density at radius 3 is 2.19 bits per heavy atom. The monoisotopic (exact) mass is 372 g/mol. The smallest absolute Gasteiger partial charge is 0.353 e. The van der Waals surface area contributed by atoms with Crippen molar-refractivity contribution >= 4 is 17.6 Å². The molecule has 2 rings (SSSR count). The van der Waals surface area contributed by atoms with Crippen LogP contribution in [0.2, 0.25) is 0 Å². The van der Waals surface area contributed by atoms with Gasteiger partial charge in [0, 0.05) is 39.3 Å². The highest BCUT2D eigenvalue weighted by Gasteiger charge is 2.32. The van der Waals surface area contributed by atoms with Crippen LogP contribution in [0.4, 0.5) is 19.0 Å².